The summed E-state index contributed by atoms with van der Waals surface area (Å²) >= 11 is 0. The van der Waals surface area contributed by atoms with E-state index in [1.54, 1.807) is 43.3 Å². The first-order valence-electron chi connectivity index (χ1n) is 10.5. The fourth-order valence-corrected chi connectivity index (χ4v) is 3.36. The lowest BCUT2D eigenvalue weighted by Crippen LogP contribution is -2.45. The molecule has 0 saturated carbocycles. The molecule has 0 aliphatic heterocycles. The van der Waals surface area contributed by atoms with Crippen molar-refractivity contribution in [3.63, 3.8) is 0 Å². The minimum atomic E-state index is -1.00. The zero-order valence-electron chi connectivity index (χ0n) is 18.9. The number of benzene rings is 2. The number of nitrogens with two attached hydrogens (primary N) is 1. The first-order valence-corrected chi connectivity index (χ1v) is 10.5. The van der Waals surface area contributed by atoms with Crippen LogP contribution in [0.25, 0.3) is 0 Å². The Morgan fingerprint density at radius 3 is 2.47 bits per heavy atom. The van der Waals surface area contributed by atoms with Crippen LogP contribution < -0.4 is 26.6 Å². The second-order valence-electron chi connectivity index (χ2n) is 7.44. The second kappa shape index (κ2) is 11.0. The summed E-state index contributed by atoms with van der Waals surface area (Å²) in [6.45, 7) is 1.84. The Kier molecular flexibility index (Phi) is 7.84. The van der Waals surface area contributed by atoms with Gasteiger partial charge in [-0.05, 0) is 36.8 Å². The minimum absolute atomic E-state index is 0.0243. The van der Waals surface area contributed by atoms with Crippen molar-refractivity contribution in [2.75, 3.05) is 24.4 Å². The van der Waals surface area contributed by atoms with E-state index in [4.69, 9.17) is 20.5 Å². The number of amides is 1. The Bertz CT molecular complexity index is 1290. The van der Waals surface area contributed by atoms with E-state index in [1.165, 1.54) is 12.0 Å². The molecule has 2 aromatic carbocycles. The number of nitriles is 1. The molecule has 1 atom stereocenters. The molecule has 1 unspecified atom stereocenters. The Morgan fingerprint density at radius 2 is 1.85 bits per heavy atom. The minimum Gasteiger partial charge on any atom is -0.481 e. The zero-order chi connectivity index (χ0) is 24.7. The number of nitrogens with one attached hydrogen (secondary N) is 1. The number of rotatable bonds is 9. The quantitative estimate of drug-likeness (QED) is 0.491. The van der Waals surface area contributed by atoms with Crippen LogP contribution in [0.4, 0.5) is 11.5 Å². The summed E-state index contributed by atoms with van der Waals surface area (Å²) in [6, 6.07) is 17.4. The number of nitrogen functional groups attached to an aromatic ring is 1. The number of carbonyl (C=O) groups is 1. The number of nitrogens with zero attached hydrogens (tertiary/aromatic N) is 3. The molecule has 34 heavy (non-hydrogen) atoms. The normalized spacial score (nSPS) is 11.4. The van der Waals surface area contributed by atoms with Gasteiger partial charge in [0.15, 0.2) is 11.8 Å². The van der Waals surface area contributed by atoms with Crippen LogP contribution >= 0.6 is 0 Å². The summed E-state index contributed by atoms with van der Waals surface area (Å²) in [5, 5.41) is 8.96. The highest BCUT2D eigenvalue weighted by molar-refractivity contribution is 5.98. The Labute approximate surface area is 195 Å². The van der Waals surface area contributed by atoms with Gasteiger partial charge in [-0.2, -0.15) is 5.26 Å². The third-order valence-electron chi connectivity index (χ3n) is 5.10. The predicted molar refractivity (Wildman–Crippen MR) is 126 cm³/mol. The van der Waals surface area contributed by atoms with E-state index in [0.717, 1.165) is 10.1 Å². The van der Waals surface area contributed by atoms with Crippen LogP contribution in [-0.4, -0.2) is 35.3 Å². The molecule has 1 amide bonds. The van der Waals surface area contributed by atoms with E-state index in [0.29, 0.717) is 11.3 Å². The van der Waals surface area contributed by atoms with Gasteiger partial charge in [-0.25, -0.2) is 4.79 Å². The van der Waals surface area contributed by atoms with Crippen molar-refractivity contribution in [1.29, 1.82) is 5.26 Å². The summed E-state index contributed by atoms with van der Waals surface area (Å²) in [6.07, 6.45) is -1.00. The fraction of sp³-hybridized carbons (Fsp3) is 0.250. The van der Waals surface area contributed by atoms with Crippen LogP contribution in [0.2, 0.25) is 0 Å². The van der Waals surface area contributed by atoms with Gasteiger partial charge in [0.25, 0.3) is 11.5 Å². The summed E-state index contributed by atoms with van der Waals surface area (Å²) < 4.78 is 11.9. The molecule has 0 radical (unpaired) electrons. The summed E-state index contributed by atoms with van der Waals surface area (Å²) in [5.74, 6) is -0.311. The van der Waals surface area contributed by atoms with Crippen molar-refractivity contribution < 1.29 is 14.3 Å². The van der Waals surface area contributed by atoms with Crippen molar-refractivity contribution in [2.24, 2.45) is 0 Å². The standard InChI is InChI=1S/C24H25N5O5/c1-16(34-19-10-8-17(14-25)9-11-19)23(31)29(15-18-6-4-3-5-7-18)20-21(26)28(12-13-33-2)24(32)27-22(20)30/h3-11,16H,12-13,15,26H2,1-2H3,(H,27,30,32). The average molecular weight is 463 g/mol. The smallest absolute Gasteiger partial charge is 0.330 e. The molecule has 0 bridgehead atoms. The molecule has 0 fully saturated rings. The Morgan fingerprint density at radius 1 is 1.18 bits per heavy atom. The molecule has 0 aliphatic carbocycles. The summed E-state index contributed by atoms with van der Waals surface area (Å²) in [7, 11) is 1.47. The first-order chi connectivity index (χ1) is 16.3. The molecule has 3 rings (SSSR count). The Hall–Kier alpha value is -4.36. The van der Waals surface area contributed by atoms with Crippen LogP contribution in [-0.2, 0) is 22.6 Å². The van der Waals surface area contributed by atoms with Gasteiger partial charge in [-0.3, -0.25) is 24.0 Å². The first kappa shape index (κ1) is 24.3. The monoisotopic (exact) mass is 463 g/mol. The third-order valence-corrected chi connectivity index (χ3v) is 5.10. The molecule has 0 aliphatic rings. The number of H-pyrrole nitrogens is 1. The van der Waals surface area contributed by atoms with E-state index in [2.05, 4.69) is 4.98 Å². The van der Waals surface area contributed by atoms with Crippen molar-refractivity contribution in [1.82, 2.24) is 9.55 Å². The highest BCUT2D eigenvalue weighted by Gasteiger charge is 2.29. The van der Waals surface area contributed by atoms with Crippen molar-refractivity contribution in [2.45, 2.75) is 26.1 Å². The highest BCUT2D eigenvalue weighted by Crippen LogP contribution is 2.22. The number of hydrogen-bond donors (Lipinski definition) is 2. The number of carbonyl (C=O) groups excluding carboxylic acids is 1. The summed E-state index contributed by atoms with van der Waals surface area (Å²) in [4.78, 5) is 42.1. The van der Waals surface area contributed by atoms with E-state index >= 15 is 0 Å². The SMILES string of the molecule is COCCn1c(N)c(N(Cc2ccccc2)C(=O)C(C)Oc2ccc(C#N)cc2)c(=O)[nH]c1=O. The summed E-state index contributed by atoms with van der Waals surface area (Å²) in [5.41, 5.74) is 5.79. The second-order valence-corrected chi connectivity index (χ2v) is 7.44. The molecular weight excluding hydrogens is 438 g/mol. The fourth-order valence-electron chi connectivity index (χ4n) is 3.36. The average Bonchev–Trinajstić information content (AvgIpc) is 2.83. The predicted octanol–water partition coefficient (Wildman–Crippen LogP) is 1.64. The van der Waals surface area contributed by atoms with Gasteiger partial charge in [0.2, 0.25) is 0 Å². The number of hydrogen-bond acceptors (Lipinski definition) is 7. The van der Waals surface area contributed by atoms with Crippen molar-refractivity contribution in [3.8, 4) is 11.8 Å². The molecular formula is C24H25N5O5. The van der Waals surface area contributed by atoms with Crippen molar-refractivity contribution in [3.05, 3.63) is 86.6 Å². The lowest BCUT2D eigenvalue weighted by molar-refractivity contribution is -0.124. The lowest BCUT2D eigenvalue weighted by Gasteiger charge is -2.27. The number of aromatic amines is 1. The van der Waals surface area contributed by atoms with Crippen LogP contribution in [0.15, 0.2) is 64.2 Å². The Balaban J connectivity index is 2.01. The van der Waals surface area contributed by atoms with Crippen LogP contribution in [0.1, 0.15) is 18.1 Å². The molecule has 176 valence electrons. The van der Waals surface area contributed by atoms with Gasteiger partial charge in [-0.1, -0.05) is 30.3 Å². The molecule has 1 aromatic heterocycles. The highest BCUT2D eigenvalue weighted by atomic mass is 16.5. The van der Waals surface area contributed by atoms with Gasteiger partial charge < -0.3 is 15.2 Å². The van der Waals surface area contributed by atoms with Gasteiger partial charge in [0, 0.05) is 7.11 Å². The van der Waals surface area contributed by atoms with Crippen molar-refractivity contribution >= 4 is 17.4 Å². The largest absolute Gasteiger partial charge is 0.481 e. The number of ether oxygens (including phenoxy) is 2. The number of methoxy groups -OCH3 is 1. The zero-order valence-corrected chi connectivity index (χ0v) is 18.9. The maximum Gasteiger partial charge on any atom is 0.330 e. The molecule has 3 aromatic rings. The molecule has 10 heteroatoms. The van der Waals surface area contributed by atoms with Gasteiger partial charge in [-0.15, -0.1) is 0 Å². The molecule has 0 saturated heterocycles. The van der Waals surface area contributed by atoms with E-state index in [-0.39, 0.29) is 31.2 Å². The molecule has 10 nitrogen and oxygen atoms in total. The number of anilines is 2. The maximum absolute atomic E-state index is 13.5. The molecule has 3 N–H and O–H groups in total. The molecule has 1 heterocycles. The third kappa shape index (κ3) is 5.51. The van der Waals surface area contributed by atoms with Gasteiger partial charge >= 0.3 is 5.69 Å². The van der Waals surface area contributed by atoms with Crippen LogP contribution in [0.3, 0.4) is 0 Å². The van der Waals surface area contributed by atoms with Gasteiger partial charge in [0.1, 0.15) is 11.6 Å². The molecule has 0 spiro atoms. The van der Waals surface area contributed by atoms with Gasteiger partial charge in [0.05, 0.1) is 31.3 Å². The van der Waals surface area contributed by atoms with Crippen LogP contribution in [0, 0.1) is 11.3 Å². The van der Waals surface area contributed by atoms with E-state index in [1.807, 2.05) is 24.3 Å². The van der Waals surface area contributed by atoms with Crippen LogP contribution in [0.5, 0.6) is 5.75 Å². The van der Waals surface area contributed by atoms with E-state index in [9.17, 15) is 14.4 Å². The number of aromatic nitrogens is 2. The van der Waals surface area contributed by atoms with E-state index < -0.39 is 23.3 Å². The maximum atomic E-state index is 13.5. The lowest BCUT2D eigenvalue weighted by atomic mass is 10.2. The topological polar surface area (TPSA) is 143 Å².